The third-order valence-electron chi connectivity index (χ3n) is 2.89. The van der Waals surface area contributed by atoms with Gasteiger partial charge in [0.05, 0.1) is 5.75 Å². The molecule has 0 saturated carbocycles. The van der Waals surface area contributed by atoms with Gasteiger partial charge in [-0.25, -0.2) is 0 Å². The molecular formula is C14H22N2OS. The molecule has 1 aromatic carbocycles. The number of carbonyl (C=O) groups is 1. The van der Waals surface area contributed by atoms with Crippen LogP contribution in [0.4, 0.5) is 0 Å². The Morgan fingerprint density at radius 3 is 2.72 bits per heavy atom. The molecule has 0 aliphatic heterocycles. The van der Waals surface area contributed by atoms with E-state index in [4.69, 9.17) is 5.73 Å². The van der Waals surface area contributed by atoms with Crippen molar-refractivity contribution >= 4 is 17.7 Å². The minimum Gasteiger partial charge on any atom is -0.353 e. The molecule has 0 spiro atoms. The molecule has 0 fully saturated rings. The van der Waals surface area contributed by atoms with Crippen molar-refractivity contribution in [3.63, 3.8) is 0 Å². The molecule has 1 amide bonds. The second-order valence-electron chi connectivity index (χ2n) is 4.74. The molecule has 0 aromatic heterocycles. The van der Waals surface area contributed by atoms with E-state index in [0.717, 1.165) is 10.5 Å². The van der Waals surface area contributed by atoms with Crippen LogP contribution in [0, 0.1) is 5.92 Å². The van der Waals surface area contributed by atoms with Gasteiger partial charge in [0, 0.05) is 17.5 Å². The van der Waals surface area contributed by atoms with E-state index in [-0.39, 0.29) is 11.9 Å². The van der Waals surface area contributed by atoms with E-state index < -0.39 is 0 Å². The molecule has 0 bridgehead atoms. The van der Waals surface area contributed by atoms with Crippen LogP contribution >= 0.6 is 11.8 Å². The summed E-state index contributed by atoms with van der Waals surface area (Å²) < 4.78 is 0. The van der Waals surface area contributed by atoms with Crippen LogP contribution in [0.5, 0.6) is 0 Å². The van der Waals surface area contributed by atoms with Gasteiger partial charge in [0.15, 0.2) is 0 Å². The predicted octanol–water partition coefficient (Wildman–Crippen LogP) is 2.40. The second-order valence-corrected chi connectivity index (χ2v) is 5.79. The van der Waals surface area contributed by atoms with Crippen LogP contribution in [0.3, 0.4) is 0 Å². The van der Waals surface area contributed by atoms with E-state index in [0.29, 0.717) is 18.2 Å². The minimum absolute atomic E-state index is 0.0827. The summed E-state index contributed by atoms with van der Waals surface area (Å²) in [6.45, 7) is 6.76. The average Bonchev–Trinajstić information content (AvgIpc) is 2.36. The highest BCUT2D eigenvalue weighted by Gasteiger charge is 2.10. The number of benzene rings is 1. The van der Waals surface area contributed by atoms with Crippen LogP contribution in [0.1, 0.15) is 26.3 Å². The lowest BCUT2D eigenvalue weighted by Crippen LogP contribution is -2.37. The quantitative estimate of drug-likeness (QED) is 0.777. The van der Waals surface area contributed by atoms with Gasteiger partial charge in [-0.15, -0.1) is 11.8 Å². The monoisotopic (exact) mass is 266 g/mol. The van der Waals surface area contributed by atoms with Crippen molar-refractivity contribution < 1.29 is 4.79 Å². The summed E-state index contributed by atoms with van der Waals surface area (Å²) in [7, 11) is 0. The molecule has 0 radical (unpaired) electrons. The molecule has 1 aromatic rings. The van der Waals surface area contributed by atoms with Crippen LogP contribution in [-0.2, 0) is 11.3 Å². The predicted molar refractivity (Wildman–Crippen MR) is 77.5 cm³/mol. The maximum absolute atomic E-state index is 11.7. The average molecular weight is 266 g/mol. The Kier molecular flexibility index (Phi) is 6.22. The molecule has 3 nitrogen and oxygen atoms in total. The van der Waals surface area contributed by atoms with Gasteiger partial charge in [0.25, 0.3) is 0 Å². The van der Waals surface area contributed by atoms with E-state index in [1.54, 1.807) is 11.8 Å². The van der Waals surface area contributed by atoms with Crippen molar-refractivity contribution in [3.8, 4) is 0 Å². The van der Waals surface area contributed by atoms with E-state index in [1.807, 2.05) is 31.2 Å². The highest BCUT2D eigenvalue weighted by Crippen LogP contribution is 2.18. The molecule has 0 saturated heterocycles. The van der Waals surface area contributed by atoms with Crippen LogP contribution in [0.2, 0.25) is 0 Å². The van der Waals surface area contributed by atoms with Crippen molar-refractivity contribution in [1.82, 2.24) is 5.32 Å². The topological polar surface area (TPSA) is 55.1 Å². The first-order valence-corrected chi connectivity index (χ1v) is 7.22. The van der Waals surface area contributed by atoms with Gasteiger partial charge in [0.1, 0.15) is 0 Å². The van der Waals surface area contributed by atoms with Crippen molar-refractivity contribution in [3.05, 3.63) is 29.8 Å². The molecule has 0 aliphatic carbocycles. The highest BCUT2D eigenvalue weighted by atomic mass is 32.2. The van der Waals surface area contributed by atoms with Crippen LogP contribution in [-0.4, -0.2) is 17.7 Å². The summed E-state index contributed by atoms with van der Waals surface area (Å²) in [5, 5.41) is 2.99. The maximum Gasteiger partial charge on any atom is 0.230 e. The molecule has 4 heteroatoms. The van der Waals surface area contributed by atoms with Crippen molar-refractivity contribution in [1.29, 1.82) is 0 Å². The number of amides is 1. The van der Waals surface area contributed by atoms with Gasteiger partial charge in [-0.3, -0.25) is 4.79 Å². The summed E-state index contributed by atoms with van der Waals surface area (Å²) in [6.07, 6.45) is 0. The van der Waals surface area contributed by atoms with E-state index in [1.165, 1.54) is 0 Å². The van der Waals surface area contributed by atoms with Gasteiger partial charge in [-0.1, -0.05) is 26.0 Å². The van der Waals surface area contributed by atoms with Gasteiger partial charge in [0.2, 0.25) is 5.91 Å². The summed E-state index contributed by atoms with van der Waals surface area (Å²) >= 11 is 1.54. The molecular weight excluding hydrogens is 244 g/mol. The first-order valence-electron chi connectivity index (χ1n) is 6.24. The third-order valence-corrected chi connectivity index (χ3v) is 3.89. The molecule has 1 atom stereocenters. The van der Waals surface area contributed by atoms with Crippen LogP contribution in [0.25, 0.3) is 0 Å². The third kappa shape index (κ3) is 5.10. The van der Waals surface area contributed by atoms with E-state index >= 15 is 0 Å². The molecule has 0 heterocycles. The standard InChI is InChI=1S/C14H22N2OS/c1-10(2)11(3)16-14(17)9-18-13-6-4-5-12(7-13)8-15/h4-7,10-11H,8-9,15H2,1-3H3,(H,16,17). The van der Waals surface area contributed by atoms with Gasteiger partial charge >= 0.3 is 0 Å². The lowest BCUT2D eigenvalue weighted by Gasteiger charge is -2.17. The normalized spacial score (nSPS) is 12.5. The number of rotatable bonds is 6. The zero-order chi connectivity index (χ0) is 13.5. The lowest BCUT2D eigenvalue weighted by atomic mass is 10.1. The molecule has 3 N–H and O–H groups in total. The molecule has 100 valence electrons. The molecule has 18 heavy (non-hydrogen) atoms. The van der Waals surface area contributed by atoms with Crippen molar-refractivity contribution in [2.24, 2.45) is 11.7 Å². The first kappa shape index (κ1) is 15.1. The SMILES string of the molecule is CC(C)C(C)NC(=O)CSc1cccc(CN)c1. The van der Waals surface area contributed by atoms with Gasteiger partial charge in [-0.2, -0.15) is 0 Å². The Labute approximate surface area is 114 Å². The minimum atomic E-state index is 0.0827. The number of nitrogens with two attached hydrogens (primary N) is 1. The number of carbonyl (C=O) groups excluding carboxylic acids is 1. The van der Waals surface area contributed by atoms with E-state index in [2.05, 4.69) is 19.2 Å². The fourth-order valence-corrected chi connectivity index (χ4v) is 2.16. The Hall–Kier alpha value is -1.00. The van der Waals surface area contributed by atoms with Crippen LogP contribution < -0.4 is 11.1 Å². The van der Waals surface area contributed by atoms with Gasteiger partial charge in [-0.05, 0) is 30.5 Å². The molecule has 1 unspecified atom stereocenters. The Balaban J connectivity index is 2.42. The number of nitrogens with one attached hydrogen (secondary N) is 1. The second kappa shape index (κ2) is 7.44. The van der Waals surface area contributed by atoms with Gasteiger partial charge < -0.3 is 11.1 Å². The smallest absolute Gasteiger partial charge is 0.230 e. The Bertz CT molecular complexity index is 393. The maximum atomic E-state index is 11.7. The number of hydrogen-bond donors (Lipinski definition) is 2. The number of hydrogen-bond acceptors (Lipinski definition) is 3. The Morgan fingerprint density at radius 1 is 1.39 bits per heavy atom. The fourth-order valence-electron chi connectivity index (χ4n) is 1.37. The van der Waals surface area contributed by atoms with Crippen molar-refractivity contribution in [2.45, 2.75) is 38.3 Å². The largest absolute Gasteiger partial charge is 0.353 e. The fraction of sp³-hybridized carbons (Fsp3) is 0.500. The highest BCUT2D eigenvalue weighted by molar-refractivity contribution is 8.00. The number of thioether (sulfide) groups is 1. The first-order chi connectivity index (χ1) is 8.52. The lowest BCUT2D eigenvalue weighted by molar-refractivity contribution is -0.119. The zero-order valence-electron chi connectivity index (χ0n) is 11.3. The molecule has 0 aliphatic rings. The summed E-state index contributed by atoms with van der Waals surface area (Å²) in [5.41, 5.74) is 6.68. The summed E-state index contributed by atoms with van der Waals surface area (Å²) in [6, 6.07) is 8.21. The Morgan fingerprint density at radius 2 is 2.11 bits per heavy atom. The summed E-state index contributed by atoms with van der Waals surface area (Å²) in [5.74, 6) is 0.990. The van der Waals surface area contributed by atoms with E-state index in [9.17, 15) is 4.79 Å². The van der Waals surface area contributed by atoms with Crippen molar-refractivity contribution in [2.75, 3.05) is 5.75 Å². The summed E-state index contributed by atoms with van der Waals surface area (Å²) in [4.78, 5) is 12.8. The zero-order valence-corrected chi connectivity index (χ0v) is 12.1. The molecule has 1 rings (SSSR count). The van der Waals surface area contributed by atoms with Crippen LogP contribution in [0.15, 0.2) is 29.2 Å².